The first-order chi connectivity index (χ1) is 18.2. The second-order valence-corrected chi connectivity index (χ2v) is 8.86. The van der Waals surface area contributed by atoms with Crippen LogP contribution in [0.4, 0.5) is 5.69 Å². The lowest BCUT2D eigenvalue weighted by Gasteiger charge is -2.30. The number of ether oxygens (including phenoxy) is 4. The number of rotatable bonds is 11. The summed E-state index contributed by atoms with van der Waals surface area (Å²) in [5, 5.41) is 14.4. The molecule has 2 aromatic carbocycles. The maximum absolute atomic E-state index is 13.3. The predicted molar refractivity (Wildman–Crippen MR) is 139 cm³/mol. The van der Waals surface area contributed by atoms with E-state index in [-0.39, 0.29) is 36.2 Å². The van der Waals surface area contributed by atoms with Crippen LogP contribution in [0.3, 0.4) is 0 Å². The van der Waals surface area contributed by atoms with Crippen LogP contribution in [0.15, 0.2) is 71.1 Å². The number of hydrogen-bond acceptors (Lipinski definition) is 9. The van der Waals surface area contributed by atoms with E-state index in [0.717, 1.165) is 12.0 Å². The summed E-state index contributed by atoms with van der Waals surface area (Å²) in [6.45, 7) is 5.42. The van der Waals surface area contributed by atoms with Gasteiger partial charge in [0.25, 0.3) is 5.69 Å². The Morgan fingerprint density at radius 2 is 1.66 bits per heavy atom. The summed E-state index contributed by atoms with van der Waals surface area (Å²) >= 11 is 0. The van der Waals surface area contributed by atoms with Crippen molar-refractivity contribution in [2.45, 2.75) is 39.2 Å². The van der Waals surface area contributed by atoms with Crippen molar-refractivity contribution in [2.75, 3.05) is 27.4 Å². The van der Waals surface area contributed by atoms with E-state index in [1.165, 1.54) is 25.3 Å². The molecule has 0 fully saturated rings. The first-order valence-electron chi connectivity index (χ1n) is 12.1. The number of nitrogens with zero attached hydrogens (tertiary/aromatic N) is 1. The van der Waals surface area contributed by atoms with Gasteiger partial charge in [0.15, 0.2) is 0 Å². The number of esters is 2. The van der Waals surface area contributed by atoms with E-state index in [2.05, 4.69) is 5.32 Å². The molecule has 0 radical (unpaired) electrons. The number of nitro benzene ring substituents is 1. The molecular weight excluding hydrogens is 492 g/mol. The molecule has 38 heavy (non-hydrogen) atoms. The molecule has 0 saturated carbocycles. The molecule has 0 aromatic heterocycles. The number of carbonyl (C=O) groups excluding carboxylic acids is 2. The Morgan fingerprint density at radius 1 is 1.00 bits per heavy atom. The third-order valence-electron chi connectivity index (χ3n) is 6.23. The zero-order valence-electron chi connectivity index (χ0n) is 22.1. The molecule has 10 nitrogen and oxygen atoms in total. The first kappa shape index (κ1) is 28.4. The number of allylic oxidation sites excluding steroid dienone is 2. The lowest BCUT2D eigenvalue weighted by molar-refractivity contribution is -0.384. The molecule has 0 aliphatic carbocycles. The van der Waals surface area contributed by atoms with E-state index in [4.69, 9.17) is 18.9 Å². The second-order valence-electron chi connectivity index (χ2n) is 8.86. The van der Waals surface area contributed by atoms with Gasteiger partial charge in [-0.25, -0.2) is 9.59 Å². The van der Waals surface area contributed by atoms with Gasteiger partial charge in [-0.15, -0.1) is 0 Å². The fourth-order valence-corrected chi connectivity index (χ4v) is 4.31. The SMILES string of the molecule is COC(=O)C1=C(C)NC(C)=C(C(=O)OCCOc2ccc(CC(C)OC)cc2)[C@H]1c1cccc([N+](=O)[O-])c1. The Labute approximate surface area is 221 Å². The van der Waals surface area contributed by atoms with Gasteiger partial charge in [0.1, 0.15) is 19.0 Å². The van der Waals surface area contributed by atoms with Crippen molar-refractivity contribution in [3.05, 3.63) is 92.3 Å². The number of nitrogens with one attached hydrogen (secondary N) is 1. The van der Waals surface area contributed by atoms with E-state index in [0.29, 0.717) is 22.7 Å². The molecule has 1 N–H and O–H groups in total. The molecule has 0 spiro atoms. The van der Waals surface area contributed by atoms with E-state index >= 15 is 0 Å². The Bertz CT molecular complexity index is 1250. The molecule has 2 atom stereocenters. The highest BCUT2D eigenvalue weighted by molar-refractivity contribution is 5.99. The number of nitro groups is 1. The van der Waals surface area contributed by atoms with Crippen LogP contribution in [-0.2, 0) is 30.2 Å². The van der Waals surface area contributed by atoms with Gasteiger partial charge < -0.3 is 24.3 Å². The molecule has 10 heteroatoms. The molecule has 1 aliphatic rings. The van der Waals surface area contributed by atoms with Gasteiger partial charge in [0, 0.05) is 30.6 Å². The van der Waals surface area contributed by atoms with Crippen molar-refractivity contribution in [3.8, 4) is 5.75 Å². The topological polar surface area (TPSA) is 126 Å². The number of dihydropyridines is 1. The Balaban J connectivity index is 1.75. The van der Waals surface area contributed by atoms with Crippen LogP contribution in [0.1, 0.15) is 37.8 Å². The van der Waals surface area contributed by atoms with Crippen molar-refractivity contribution >= 4 is 17.6 Å². The molecule has 0 amide bonds. The first-order valence-corrected chi connectivity index (χ1v) is 12.1. The fraction of sp³-hybridized carbons (Fsp3) is 0.357. The van der Waals surface area contributed by atoms with Gasteiger partial charge in [-0.3, -0.25) is 10.1 Å². The van der Waals surface area contributed by atoms with Gasteiger partial charge in [-0.2, -0.15) is 0 Å². The lowest BCUT2D eigenvalue weighted by atomic mass is 9.80. The second kappa shape index (κ2) is 12.9. The highest BCUT2D eigenvalue weighted by Crippen LogP contribution is 2.40. The molecule has 3 rings (SSSR count). The predicted octanol–water partition coefficient (Wildman–Crippen LogP) is 4.20. The summed E-state index contributed by atoms with van der Waals surface area (Å²) in [4.78, 5) is 36.8. The van der Waals surface area contributed by atoms with Gasteiger partial charge >= 0.3 is 11.9 Å². The largest absolute Gasteiger partial charge is 0.490 e. The van der Waals surface area contributed by atoms with Crippen molar-refractivity contribution in [1.29, 1.82) is 0 Å². The Morgan fingerprint density at radius 3 is 2.26 bits per heavy atom. The maximum Gasteiger partial charge on any atom is 0.336 e. The molecule has 0 saturated heterocycles. The zero-order valence-corrected chi connectivity index (χ0v) is 22.1. The van der Waals surface area contributed by atoms with Gasteiger partial charge in [-0.05, 0) is 50.5 Å². The summed E-state index contributed by atoms with van der Waals surface area (Å²) in [7, 11) is 2.91. The third kappa shape index (κ3) is 6.77. The molecular formula is C28H32N2O8. The molecule has 2 aromatic rings. The lowest BCUT2D eigenvalue weighted by Crippen LogP contribution is -2.32. The smallest absolute Gasteiger partial charge is 0.336 e. The van der Waals surface area contributed by atoms with Crippen molar-refractivity contribution in [2.24, 2.45) is 0 Å². The number of carbonyl (C=O) groups is 2. The fourth-order valence-electron chi connectivity index (χ4n) is 4.31. The highest BCUT2D eigenvalue weighted by atomic mass is 16.6. The summed E-state index contributed by atoms with van der Waals surface area (Å²) in [5.41, 5.74) is 2.63. The molecule has 202 valence electrons. The quantitative estimate of drug-likeness (QED) is 0.199. The summed E-state index contributed by atoms with van der Waals surface area (Å²) < 4.78 is 21.5. The van der Waals surface area contributed by atoms with Gasteiger partial charge in [0.2, 0.25) is 0 Å². The minimum absolute atomic E-state index is 0.0456. The Kier molecular flexibility index (Phi) is 9.61. The van der Waals surface area contributed by atoms with Crippen LogP contribution >= 0.6 is 0 Å². The normalized spacial score (nSPS) is 16.0. The van der Waals surface area contributed by atoms with E-state index in [1.807, 2.05) is 31.2 Å². The summed E-state index contributed by atoms with van der Waals surface area (Å²) in [6.07, 6.45) is 0.891. The third-order valence-corrected chi connectivity index (χ3v) is 6.23. The van der Waals surface area contributed by atoms with Gasteiger partial charge in [0.05, 0.1) is 35.2 Å². The van der Waals surface area contributed by atoms with Crippen LogP contribution in [-0.4, -0.2) is 50.4 Å². The van der Waals surface area contributed by atoms with Crippen LogP contribution in [0.25, 0.3) is 0 Å². The molecule has 1 aliphatic heterocycles. The average molecular weight is 525 g/mol. The van der Waals surface area contributed by atoms with Crippen LogP contribution in [0.2, 0.25) is 0 Å². The number of benzene rings is 2. The average Bonchev–Trinajstić information content (AvgIpc) is 2.91. The highest BCUT2D eigenvalue weighted by Gasteiger charge is 2.38. The van der Waals surface area contributed by atoms with Crippen LogP contribution in [0.5, 0.6) is 5.75 Å². The van der Waals surface area contributed by atoms with Crippen molar-refractivity contribution in [1.82, 2.24) is 5.32 Å². The van der Waals surface area contributed by atoms with E-state index in [1.54, 1.807) is 27.0 Å². The number of methoxy groups -OCH3 is 2. The van der Waals surface area contributed by atoms with E-state index < -0.39 is 22.8 Å². The molecule has 1 heterocycles. The molecule has 1 unspecified atom stereocenters. The molecule has 0 bridgehead atoms. The summed E-state index contributed by atoms with van der Waals surface area (Å²) in [5.74, 6) is -1.62. The Hall–Kier alpha value is -4.18. The monoisotopic (exact) mass is 524 g/mol. The number of non-ortho nitro benzene ring substituents is 1. The van der Waals surface area contributed by atoms with Gasteiger partial charge in [-0.1, -0.05) is 24.3 Å². The number of hydrogen-bond donors (Lipinski definition) is 1. The minimum Gasteiger partial charge on any atom is -0.490 e. The summed E-state index contributed by atoms with van der Waals surface area (Å²) in [6, 6.07) is 13.4. The van der Waals surface area contributed by atoms with E-state index in [9.17, 15) is 19.7 Å². The van der Waals surface area contributed by atoms with Crippen LogP contribution < -0.4 is 10.1 Å². The maximum atomic E-state index is 13.3. The van der Waals surface area contributed by atoms with Crippen molar-refractivity contribution in [3.63, 3.8) is 0 Å². The standard InChI is InChI=1S/C28H32N2O8/c1-17(35-4)15-20-9-11-23(12-10-20)37-13-14-38-28(32)25-19(3)29-18(2)24(27(31)36-5)26(25)21-7-6-8-22(16-21)30(33)34/h6-12,16-17,26,29H,13-15H2,1-5H3/t17?,26-/m0/s1. The van der Waals surface area contributed by atoms with Crippen LogP contribution in [0, 0.1) is 10.1 Å². The zero-order chi connectivity index (χ0) is 27.8. The van der Waals surface area contributed by atoms with Crippen molar-refractivity contribution < 1.29 is 33.5 Å². The minimum atomic E-state index is -0.918.